The number of rotatable bonds is 3. The summed E-state index contributed by atoms with van der Waals surface area (Å²) in [6.45, 7) is 5.64. The van der Waals surface area contributed by atoms with Crippen molar-refractivity contribution in [2.75, 3.05) is 0 Å². The number of ether oxygens (including phenoxy) is 1. The molecule has 0 bridgehead atoms. The first-order chi connectivity index (χ1) is 8.99. The van der Waals surface area contributed by atoms with Crippen molar-refractivity contribution in [3.05, 3.63) is 52.7 Å². The molecule has 0 unspecified atom stereocenters. The standard InChI is InChI=1S/C15H15NO3/c1-9-5-4-6-13(10(9)2)19-14-8-7-12(15(17)18)11(3)16-14/h4-8H,1-3H3,(H,17,18). The first-order valence-corrected chi connectivity index (χ1v) is 5.94. The smallest absolute Gasteiger partial charge is 0.337 e. The Balaban J connectivity index is 2.32. The van der Waals surface area contributed by atoms with E-state index in [0.717, 1.165) is 16.9 Å². The van der Waals surface area contributed by atoms with Gasteiger partial charge in [0.2, 0.25) is 5.88 Å². The Morgan fingerprint density at radius 2 is 1.89 bits per heavy atom. The van der Waals surface area contributed by atoms with Crippen molar-refractivity contribution in [2.45, 2.75) is 20.8 Å². The number of hydrogen-bond donors (Lipinski definition) is 1. The van der Waals surface area contributed by atoms with E-state index in [9.17, 15) is 4.79 Å². The summed E-state index contributed by atoms with van der Waals surface area (Å²) in [7, 11) is 0. The lowest BCUT2D eigenvalue weighted by atomic mass is 10.1. The SMILES string of the molecule is Cc1cccc(Oc2ccc(C(=O)O)c(C)n2)c1C. The number of aromatic carboxylic acids is 1. The fourth-order valence-corrected chi connectivity index (χ4v) is 1.77. The Bertz CT molecular complexity index is 635. The largest absolute Gasteiger partial charge is 0.478 e. The summed E-state index contributed by atoms with van der Waals surface area (Å²) in [5, 5.41) is 8.95. The molecule has 0 fully saturated rings. The minimum absolute atomic E-state index is 0.188. The number of pyridine rings is 1. The number of carboxylic acid groups (broad SMARTS) is 1. The fraction of sp³-hybridized carbons (Fsp3) is 0.200. The van der Waals surface area contributed by atoms with Crippen molar-refractivity contribution < 1.29 is 14.6 Å². The van der Waals surface area contributed by atoms with Gasteiger partial charge in [-0.1, -0.05) is 12.1 Å². The van der Waals surface area contributed by atoms with Crippen LogP contribution in [-0.2, 0) is 0 Å². The summed E-state index contributed by atoms with van der Waals surface area (Å²) in [5.74, 6) is 0.148. The molecule has 0 amide bonds. The van der Waals surface area contributed by atoms with Crippen LogP contribution in [0.3, 0.4) is 0 Å². The number of aryl methyl sites for hydroxylation is 2. The van der Waals surface area contributed by atoms with Crippen LogP contribution >= 0.6 is 0 Å². The number of nitrogens with zero attached hydrogens (tertiary/aromatic N) is 1. The predicted octanol–water partition coefficient (Wildman–Crippen LogP) is 3.50. The van der Waals surface area contributed by atoms with E-state index in [1.807, 2.05) is 32.0 Å². The number of aromatic nitrogens is 1. The van der Waals surface area contributed by atoms with E-state index in [2.05, 4.69) is 4.98 Å². The molecule has 0 spiro atoms. The van der Waals surface area contributed by atoms with Crippen LogP contribution in [0, 0.1) is 20.8 Å². The highest BCUT2D eigenvalue weighted by Crippen LogP contribution is 2.26. The molecule has 0 aliphatic carbocycles. The lowest BCUT2D eigenvalue weighted by molar-refractivity contribution is 0.0695. The second kappa shape index (κ2) is 5.10. The third-order valence-corrected chi connectivity index (χ3v) is 3.06. The lowest BCUT2D eigenvalue weighted by Gasteiger charge is -2.10. The van der Waals surface area contributed by atoms with Crippen LogP contribution in [0.2, 0.25) is 0 Å². The first kappa shape index (κ1) is 13.1. The second-order valence-electron chi connectivity index (χ2n) is 4.39. The van der Waals surface area contributed by atoms with E-state index in [0.29, 0.717) is 11.6 Å². The van der Waals surface area contributed by atoms with Crippen LogP contribution in [0.5, 0.6) is 11.6 Å². The highest BCUT2D eigenvalue weighted by molar-refractivity contribution is 5.88. The summed E-state index contributed by atoms with van der Waals surface area (Å²) in [6, 6.07) is 8.86. The Labute approximate surface area is 111 Å². The van der Waals surface area contributed by atoms with Crippen molar-refractivity contribution in [2.24, 2.45) is 0 Å². The molecule has 98 valence electrons. The Kier molecular flexibility index (Phi) is 3.51. The van der Waals surface area contributed by atoms with Crippen molar-refractivity contribution in [3.63, 3.8) is 0 Å². The average Bonchev–Trinajstić information content (AvgIpc) is 2.34. The molecular weight excluding hydrogens is 242 g/mol. The van der Waals surface area contributed by atoms with E-state index in [-0.39, 0.29) is 5.56 Å². The molecule has 0 atom stereocenters. The maximum Gasteiger partial charge on any atom is 0.337 e. The van der Waals surface area contributed by atoms with Gasteiger partial charge in [-0.05, 0) is 44.0 Å². The predicted molar refractivity (Wildman–Crippen MR) is 71.9 cm³/mol. The third-order valence-electron chi connectivity index (χ3n) is 3.06. The number of benzene rings is 1. The molecule has 0 saturated carbocycles. The van der Waals surface area contributed by atoms with Crippen molar-refractivity contribution in [3.8, 4) is 11.6 Å². The van der Waals surface area contributed by atoms with Crippen LogP contribution in [0.1, 0.15) is 27.2 Å². The number of hydrogen-bond acceptors (Lipinski definition) is 3. The zero-order valence-corrected chi connectivity index (χ0v) is 11.1. The maximum absolute atomic E-state index is 10.9. The average molecular weight is 257 g/mol. The van der Waals surface area contributed by atoms with Gasteiger partial charge in [0.1, 0.15) is 5.75 Å². The van der Waals surface area contributed by atoms with Gasteiger partial charge in [-0.3, -0.25) is 0 Å². The van der Waals surface area contributed by atoms with E-state index in [4.69, 9.17) is 9.84 Å². The van der Waals surface area contributed by atoms with Gasteiger partial charge in [-0.15, -0.1) is 0 Å². The molecule has 0 aliphatic rings. The van der Waals surface area contributed by atoms with Crippen molar-refractivity contribution in [1.82, 2.24) is 4.98 Å². The zero-order valence-electron chi connectivity index (χ0n) is 11.1. The molecule has 4 nitrogen and oxygen atoms in total. The zero-order chi connectivity index (χ0) is 14.0. The van der Waals surface area contributed by atoms with Crippen molar-refractivity contribution >= 4 is 5.97 Å². The second-order valence-corrected chi connectivity index (χ2v) is 4.39. The summed E-state index contributed by atoms with van der Waals surface area (Å²) >= 11 is 0. The van der Waals surface area contributed by atoms with Gasteiger partial charge < -0.3 is 9.84 Å². The van der Waals surface area contributed by atoms with Crippen LogP contribution in [-0.4, -0.2) is 16.1 Å². The molecule has 4 heteroatoms. The van der Waals surface area contributed by atoms with Crippen LogP contribution in [0.25, 0.3) is 0 Å². The van der Waals surface area contributed by atoms with E-state index in [1.165, 1.54) is 6.07 Å². The Hall–Kier alpha value is -2.36. The Morgan fingerprint density at radius 1 is 1.16 bits per heavy atom. The molecule has 2 aromatic rings. The van der Waals surface area contributed by atoms with Gasteiger partial charge in [-0.2, -0.15) is 0 Å². The van der Waals surface area contributed by atoms with Crippen LogP contribution in [0.15, 0.2) is 30.3 Å². The lowest BCUT2D eigenvalue weighted by Crippen LogP contribution is -2.02. The van der Waals surface area contributed by atoms with Gasteiger partial charge in [0.15, 0.2) is 0 Å². The van der Waals surface area contributed by atoms with Gasteiger partial charge in [0, 0.05) is 6.07 Å². The van der Waals surface area contributed by atoms with Gasteiger partial charge >= 0.3 is 5.97 Å². The molecular formula is C15H15NO3. The summed E-state index contributed by atoms with van der Waals surface area (Å²) in [6.07, 6.45) is 0. The normalized spacial score (nSPS) is 10.3. The first-order valence-electron chi connectivity index (χ1n) is 5.94. The summed E-state index contributed by atoms with van der Waals surface area (Å²) in [4.78, 5) is 15.1. The fourth-order valence-electron chi connectivity index (χ4n) is 1.77. The Morgan fingerprint density at radius 3 is 2.53 bits per heavy atom. The summed E-state index contributed by atoms with van der Waals surface area (Å²) in [5.41, 5.74) is 2.81. The molecule has 19 heavy (non-hydrogen) atoms. The highest BCUT2D eigenvalue weighted by Gasteiger charge is 2.10. The maximum atomic E-state index is 10.9. The van der Waals surface area contributed by atoms with Crippen molar-refractivity contribution in [1.29, 1.82) is 0 Å². The third kappa shape index (κ3) is 2.73. The van der Waals surface area contributed by atoms with Crippen LogP contribution < -0.4 is 4.74 Å². The molecule has 1 aromatic heterocycles. The van der Waals surface area contributed by atoms with E-state index < -0.39 is 5.97 Å². The minimum Gasteiger partial charge on any atom is -0.478 e. The van der Waals surface area contributed by atoms with Crippen LogP contribution in [0.4, 0.5) is 0 Å². The van der Waals surface area contributed by atoms with Gasteiger partial charge in [-0.25, -0.2) is 9.78 Å². The topological polar surface area (TPSA) is 59.4 Å². The highest BCUT2D eigenvalue weighted by atomic mass is 16.5. The number of carbonyl (C=O) groups is 1. The molecule has 1 N–H and O–H groups in total. The quantitative estimate of drug-likeness (QED) is 0.914. The molecule has 1 heterocycles. The molecule has 1 aromatic carbocycles. The molecule has 0 radical (unpaired) electrons. The van der Waals surface area contributed by atoms with E-state index in [1.54, 1.807) is 13.0 Å². The number of carboxylic acids is 1. The molecule has 0 aliphatic heterocycles. The van der Waals surface area contributed by atoms with Gasteiger partial charge in [0.05, 0.1) is 11.3 Å². The van der Waals surface area contributed by atoms with Gasteiger partial charge in [0.25, 0.3) is 0 Å². The monoisotopic (exact) mass is 257 g/mol. The molecule has 0 saturated heterocycles. The minimum atomic E-state index is -0.983. The summed E-state index contributed by atoms with van der Waals surface area (Å²) < 4.78 is 5.70. The molecule has 2 rings (SSSR count). The van der Waals surface area contributed by atoms with E-state index >= 15 is 0 Å².